The number of nitrogens with zero attached hydrogens (tertiary/aromatic N) is 2. The van der Waals surface area contributed by atoms with Crippen LogP contribution in [0.25, 0.3) is 0 Å². The Hall–Kier alpha value is -2.87. The largest absolute Gasteiger partial charge is 0.489 e. The monoisotopic (exact) mass is 388 g/mol. The number of rotatable bonds is 6. The average molecular weight is 388 g/mol. The number of ether oxygens (including phenoxy) is 1. The van der Waals surface area contributed by atoms with Crippen LogP contribution in [-0.4, -0.2) is 50.8 Å². The number of aliphatic carboxylic acids is 1. The lowest BCUT2D eigenvalue weighted by Crippen LogP contribution is -2.51. The van der Waals surface area contributed by atoms with Crippen molar-refractivity contribution in [3.8, 4) is 5.75 Å². The van der Waals surface area contributed by atoms with E-state index in [1.54, 1.807) is 17.0 Å². The molecule has 1 saturated heterocycles. The van der Waals surface area contributed by atoms with Crippen LogP contribution in [0.4, 0.5) is 0 Å². The standard InChI is InChI=1S/C20H24N2O6/c1-13-17(14(2)28-21-13)12-27-16-5-3-15(4-6-16)11-18(23)22-9-7-20(26,8-10-22)19(24)25/h3-6,26H,7-12H2,1-2H3,(H,24,25). The molecule has 0 aliphatic carbocycles. The van der Waals surface area contributed by atoms with Gasteiger partial charge >= 0.3 is 5.97 Å². The van der Waals surface area contributed by atoms with E-state index in [9.17, 15) is 14.7 Å². The number of aromatic nitrogens is 1. The summed E-state index contributed by atoms with van der Waals surface area (Å²) in [4.78, 5) is 25.1. The molecule has 1 amide bonds. The summed E-state index contributed by atoms with van der Waals surface area (Å²) < 4.78 is 10.9. The van der Waals surface area contributed by atoms with Crippen LogP contribution in [0.2, 0.25) is 0 Å². The van der Waals surface area contributed by atoms with E-state index in [4.69, 9.17) is 14.4 Å². The van der Waals surface area contributed by atoms with E-state index in [2.05, 4.69) is 5.16 Å². The van der Waals surface area contributed by atoms with Crippen LogP contribution < -0.4 is 4.74 Å². The number of amides is 1. The summed E-state index contributed by atoms with van der Waals surface area (Å²) in [6, 6.07) is 7.27. The number of carboxylic acids is 1. The Balaban J connectivity index is 1.51. The van der Waals surface area contributed by atoms with Crippen LogP contribution in [-0.2, 0) is 22.6 Å². The summed E-state index contributed by atoms with van der Waals surface area (Å²) in [6.45, 7) is 4.54. The summed E-state index contributed by atoms with van der Waals surface area (Å²) in [5.41, 5.74) is 0.840. The summed E-state index contributed by atoms with van der Waals surface area (Å²) in [6.07, 6.45) is 0.306. The van der Waals surface area contributed by atoms with E-state index in [1.165, 1.54) is 0 Å². The van der Waals surface area contributed by atoms with E-state index in [-0.39, 0.29) is 38.3 Å². The van der Waals surface area contributed by atoms with E-state index in [0.29, 0.717) is 12.4 Å². The highest BCUT2D eigenvalue weighted by Gasteiger charge is 2.40. The fourth-order valence-corrected chi connectivity index (χ4v) is 3.19. The fourth-order valence-electron chi connectivity index (χ4n) is 3.19. The lowest BCUT2D eigenvalue weighted by atomic mass is 9.91. The maximum Gasteiger partial charge on any atom is 0.335 e. The van der Waals surface area contributed by atoms with Crippen LogP contribution >= 0.6 is 0 Å². The predicted octanol–water partition coefficient (Wildman–Crippen LogP) is 1.85. The predicted molar refractivity (Wildman–Crippen MR) is 98.9 cm³/mol. The molecule has 2 N–H and O–H groups in total. The van der Waals surface area contributed by atoms with Crippen LogP contribution in [0.1, 0.15) is 35.4 Å². The number of carbonyl (C=O) groups is 2. The van der Waals surface area contributed by atoms with Gasteiger partial charge in [-0.2, -0.15) is 0 Å². The Morgan fingerprint density at radius 1 is 1.21 bits per heavy atom. The van der Waals surface area contributed by atoms with E-state index in [1.807, 2.05) is 26.0 Å². The second kappa shape index (κ2) is 8.02. The van der Waals surface area contributed by atoms with Crippen molar-refractivity contribution in [1.82, 2.24) is 10.1 Å². The van der Waals surface area contributed by atoms with Crippen molar-refractivity contribution in [1.29, 1.82) is 0 Å². The van der Waals surface area contributed by atoms with Gasteiger partial charge in [-0.05, 0) is 31.5 Å². The Morgan fingerprint density at radius 3 is 2.39 bits per heavy atom. The highest BCUT2D eigenvalue weighted by atomic mass is 16.5. The number of carboxylic acid groups (broad SMARTS) is 1. The molecule has 0 unspecified atom stereocenters. The fraction of sp³-hybridized carbons (Fsp3) is 0.450. The molecular weight excluding hydrogens is 364 g/mol. The molecule has 2 aromatic rings. The van der Waals surface area contributed by atoms with Gasteiger partial charge < -0.3 is 24.4 Å². The van der Waals surface area contributed by atoms with Crippen molar-refractivity contribution in [2.45, 2.75) is 45.3 Å². The molecule has 1 aliphatic rings. The van der Waals surface area contributed by atoms with Crippen LogP contribution in [0.5, 0.6) is 5.75 Å². The number of aliphatic hydroxyl groups is 1. The summed E-state index contributed by atoms with van der Waals surface area (Å²) in [5, 5.41) is 22.9. The van der Waals surface area contributed by atoms with Gasteiger partial charge in [0.05, 0.1) is 17.7 Å². The highest BCUT2D eigenvalue weighted by molar-refractivity contribution is 5.80. The van der Waals surface area contributed by atoms with E-state index < -0.39 is 11.6 Å². The van der Waals surface area contributed by atoms with Gasteiger partial charge in [-0.25, -0.2) is 4.79 Å². The molecule has 1 aromatic heterocycles. The lowest BCUT2D eigenvalue weighted by molar-refractivity contribution is -0.165. The Morgan fingerprint density at radius 2 is 1.86 bits per heavy atom. The van der Waals surface area contributed by atoms with Crippen molar-refractivity contribution < 1.29 is 29.1 Å². The number of aryl methyl sites for hydroxylation is 2. The van der Waals surface area contributed by atoms with Crippen molar-refractivity contribution in [3.05, 3.63) is 46.8 Å². The van der Waals surface area contributed by atoms with Crippen LogP contribution in [0.3, 0.4) is 0 Å². The number of hydrogen-bond acceptors (Lipinski definition) is 6. The molecule has 0 bridgehead atoms. The summed E-state index contributed by atoms with van der Waals surface area (Å²) >= 11 is 0. The third-order valence-electron chi connectivity index (χ3n) is 5.18. The van der Waals surface area contributed by atoms with E-state index >= 15 is 0 Å². The Bertz CT molecular complexity index is 831. The molecule has 8 heteroatoms. The Labute approximate surface area is 162 Å². The van der Waals surface area contributed by atoms with Gasteiger partial charge in [-0.15, -0.1) is 0 Å². The van der Waals surface area contributed by atoms with Gasteiger partial charge in [0.15, 0.2) is 5.60 Å². The number of hydrogen-bond donors (Lipinski definition) is 2. The normalized spacial score (nSPS) is 16.0. The number of piperidine rings is 1. The molecule has 8 nitrogen and oxygen atoms in total. The zero-order valence-corrected chi connectivity index (χ0v) is 16.0. The van der Waals surface area contributed by atoms with Crippen molar-refractivity contribution >= 4 is 11.9 Å². The number of likely N-dealkylation sites (tertiary alicyclic amines) is 1. The molecule has 28 heavy (non-hydrogen) atoms. The third kappa shape index (κ3) is 4.33. The molecule has 1 aromatic carbocycles. The first kappa shape index (κ1) is 19.9. The molecule has 0 saturated carbocycles. The van der Waals surface area contributed by atoms with Crippen molar-refractivity contribution in [2.24, 2.45) is 0 Å². The number of carbonyl (C=O) groups excluding carboxylic acids is 1. The molecule has 1 aliphatic heterocycles. The maximum absolute atomic E-state index is 12.4. The highest BCUT2D eigenvalue weighted by Crippen LogP contribution is 2.23. The SMILES string of the molecule is Cc1noc(C)c1COc1ccc(CC(=O)N2CCC(O)(C(=O)O)CC2)cc1. The zero-order valence-electron chi connectivity index (χ0n) is 16.0. The van der Waals surface area contributed by atoms with Crippen LogP contribution in [0.15, 0.2) is 28.8 Å². The molecule has 0 atom stereocenters. The third-order valence-corrected chi connectivity index (χ3v) is 5.18. The smallest absolute Gasteiger partial charge is 0.335 e. The topological polar surface area (TPSA) is 113 Å². The Kier molecular flexibility index (Phi) is 5.69. The van der Waals surface area contributed by atoms with Crippen molar-refractivity contribution in [2.75, 3.05) is 13.1 Å². The van der Waals surface area contributed by atoms with Gasteiger partial charge in [-0.1, -0.05) is 17.3 Å². The van der Waals surface area contributed by atoms with Gasteiger partial charge in [0.2, 0.25) is 5.91 Å². The van der Waals surface area contributed by atoms with Gasteiger partial charge in [-0.3, -0.25) is 4.79 Å². The molecule has 150 valence electrons. The second-order valence-corrected chi connectivity index (χ2v) is 7.13. The maximum atomic E-state index is 12.4. The average Bonchev–Trinajstić information content (AvgIpc) is 2.99. The second-order valence-electron chi connectivity index (χ2n) is 7.13. The molecule has 3 rings (SSSR count). The first-order valence-electron chi connectivity index (χ1n) is 9.15. The lowest BCUT2D eigenvalue weighted by Gasteiger charge is -2.35. The molecular formula is C20H24N2O6. The molecule has 0 radical (unpaired) electrons. The summed E-state index contributed by atoms with van der Waals surface area (Å²) in [5.74, 6) is 0.0975. The first-order valence-corrected chi connectivity index (χ1v) is 9.15. The minimum Gasteiger partial charge on any atom is -0.489 e. The molecule has 1 fully saturated rings. The van der Waals surface area contributed by atoms with Gasteiger partial charge in [0.1, 0.15) is 18.1 Å². The minimum atomic E-state index is -1.73. The quantitative estimate of drug-likeness (QED) is 0.776. The summed E-state index contributed by atoms with van der Waals surface area (Å²) in [7, 11) is 0. The van der Waals surface area contributed by atoms with Gasteiger partial charge in [0.25, 0.3) is 0 Å². The zero-order chi connectivity index (χ0) is 20.3. The number of benzene rings is 1. The first-order chi connectivity index (χ1) is 13.3. The molecule has 0 spiro atoms. The van der Waals surface area contributed by atoms with Crippen molar-refractivity contribution in [3.63, 3.8) is 0 Å². The molecule has 2 heterocycles. The minimum absolute atomic E-state index is 0.0442. The van der Waals surface area contributed by atoms with E-state index in [0.717, 1.165) is 22.6 Å². The van der Waals surface area contributed by atoms with Crippen LogP contribution in [0, 0.1) is 13.8 Å². The van der Waals surface area contributed by atoms with Gasteiger partial charge in [0, 0.05) is 25.9 Å².